The third kappa shape index (κ3) is 1.93. The molecular formula is C11H15N3O2. The molecule has 1 saturated carbocycles. The molecule has 0 aliphatic heterocycles. The first-order chi connectivity index (χ1) is 7.63. The van der Waals surface area contributed by atoms with E-state index in [2.05, 4.69) is 5.16 Å². The zero-order chi connectivity index (χ0) is 11.7. The van der Waals surface area contributed by atoms with Gasteiger partial charge in [0.05, 0.1) is 5.56 Å². The van der Waals surface area contributed by atoms with Crippen LogP contribution in [0.4, 0.5) is 0 Å². The van der Waals surface area contributed by atoms with Crippen molar-refractivity contribution in [2.75, 3.05) is 0 Å². The van der Waals surface area contributed by atoms with Crippen molar-refractivity contribution in [3.8, 4) is 0 Å². The maximum absolute atomic E-state index is 12.0. The lowest BCUT2D eigenvalue weighted by atomic mass is 10.2. The summed E-state index contributed by atoms with van der Waals surface area (Å²) in [7, 11) is 0. The van der Waals surface area contributed by atoms with Gasteiger partial charge in [0.1, 0.15) is 0 Å². The summed E-state index contributed by atoms with van der Waals surface area (Å²) in [5.74, 6) is 0.480. The van der Waals surface area contributed by atoms with E-state index in [9.17, 15) is 4.79 Å². The van der Waals surface area contributed by atoms with Crippen molar-refractivity contribution < 1.29 is 5.21 Å². The first-order valence-corrected chi connectivity index (χ1v) is 5.32. The fraction of sp³-hybridized carbons (Fsp3) is 0.455. The highest BCUT2D eigenvalue weighted by atomic mass is 16.4. The van der Waals surface area contributed by atoms with Crippen LogP contribution >= 0.6 is 0 Å². The van der Waals surface area contributed by atoms with Gasteiger partial charge in [-0.3, -0.25) is 4.79 Å². The smallest absolute Gasteiger partial charge is 0.261 e. The standard InChI is InChI=1S/C11H15N3O2/c1-7-2-5-9(10(12)13-16)11(15)14(7)6-8-3-4-8/h2,5,8,16H,3-4,6H2,1H3,(H2,12,13). The van der Waals surface area contributed by atoms with Crippen molar-refractivity contribution in [1.82, 2.24) is 4.57 Å². The van der Waals surface area contributed by atoms with Gasteiger partial charge in [-0.25, -0.2) is 0 Å². The van der Waals surface area contributed by atoms with Gasteiger partial charge in [0.2, 0.25) is 0 Å². The fourth-order valence-corrected chi connectivity index (χ4v) is 1.71. The third-order valence-electron chi connectivity index (χ3n) is 2.91. The number of hydrogen-bond acceptors (Lipinski definition) is 3. The number of oxime groups is 1. The number of aromatic nitrogens is 1. The van der Waals surface area contributed by atoms with Crippen LogP contribution in [-0.2, 0) is 6.54 Å². The number of hydrogen-bond donors (Lipinski definition) is 2. The molecule has 5 nitrogen and oxygen atoms in total. The monoisotopic (exact) mass is 221 g/mol. The summed E-state index contributed by atoms with van der Waals surface area (Å²) in [4.78, 5) is 12.0. The van der Waals surface area contributed by atoms with Crippen molar-refractivity contribution in [2.45, 2.75) is 26.3 Å². The summed E-state index contributed by atoms with van der Waals surface area (Å²) in [6.45, 7) is 2.62. The van der Waals surface area contributed by atoms with Gasteiger partial charge in [0, 0.05) is 12.2 Å². The van der Waals surface area contributed by atoms with Gasteiger partial charge in [-0.05, 0) is 37.8 Å². The van der Waals surface area contributed by atoms with E-state index in [-0.39, 0.29) is 17.0 Å². The average Bonchev–Trinajstić information content (AvgIpc) is 3.07. The van der Waals surface area contributed by atoms with E-state index >= 15 is 0 Å². The van der Waals surface area contributed by atoms with Gasteiger partial charge < -0.3 is 15.5 Å². The van der Waals surface area contributed by atoms with E-state index < -0.39 is 0 Å². The van der Waals surface area contributed by atoms with E-state index in [0.717, 1.165) is 12.2 Å². The van der Waals surface area contributed by atoms with E-state index in [0.29, 0.717) is 5.92 Å². The summed E-state index contributed by atoms with van der Waals surface area (Å²) in [6, 6.07) is 3.41. The maximum atomic E-state index is 12.0. The van der Waals surface area contributed by atoms with Gasteiger partial charge >= 0.3 is 0 Å². The Balaban J connectivity index is 2.45. The first-order valence-electron chi connectivity index (χ1n) is 5.32. The molecule has 1 aliphatic rings. The van der Waals surface area contributed by atoms with Crippen LogP contribution in [0.1, 0.15) is 24.1 Å². The Kier molecular flexibility index (Phi) is 2.68. The van der Waals surface area contributed by atoms with Crippen molar-refractivity contribution in [3.63, 3.8) is 0 Å². The number of aryl methyl sites for hydroxylation is 1. The molecule has 0 spiro atoms. The number of nitrogens with two attached hydrogens (primary N) is 1. The molecule has 1 fully saturated rings. The molecule has 0 unspecified atom stereocenters. The average molecular weight is 221 g/mol. The van der Waals surface area contributed by atoms with Gasteiger partial charge in [-0.2, -0.15) is 0 Å². The largest absolute Gasteiger partial charge is 0.409 e. The highest BCUT2D eigenvalue weighted by Gasteiger charge is 2.23. The molecule has 16 heavy (non-hydrogen) atoms. The van der Waals surface area contributed by atoms with E-state index in [1.54, 1.807) is 10.6 Å². The quantitative estimate of drug-likeness (QED) is 0.340. The molecule has 0 radical (unpaired) electrons. The molecule has 2 rings (SSSR count). The Morgan fingerprint density at radius 1 is 1.62 bits per heavy atom. The summed E-state index contributed by atoms with van der Waals surface area (Å²) < 4.78 is 1.70. The Hall–Kier alpha value is -1.78. The summed E-state index contributed by atoms with van der Waals surface area (Å²) in [6.07, 6.45) is 2.36. The maximum Gasteiger partial charge on any atom is 0.261 e. The Morgan fingerprint density at radius 3 is 2.88 bits per heavy atom. The van der Waals surface area contributed by atoms with Crippen molar-refractivity contribution in [3.05, 3.63) is 33.7 Å². The van der Waals surface area contributed by atoms with Crippen LogP contribution in [0, 0.1) is 12.8 Å². The van der Waals surface area contributed by atoms with Crippen LogP contribution in [0.15, 0.2) is 22.1 Å². The Labute approximate surface area is 93.2 Å². The van der Waals surface area contributed by atoms with Gasteiger partial charge in [-0.15, -0.1) is 0 Å². The number of nitrogens with zero attached hydrogens (tertiary/aromatic N) is 2. The lowest BCUT2D eigenvalue weighted by Gasteiger charge is -2.10. The minimum absolute atomic E-state index is 0.130. The van der Waals surface area contributed by atoms with Gasteiger partial charge in [0.15, 0.2) is 5.84 Å². The SMILES string of the molecule is Cc1ccc(/C(N)=N/O)c(=O)n1CC1CC1. The van der Waals surface area contributed by atoms with E-state index in [4.69, 9.17) is 10.9 Å². The second-order valence-electron chi connectivity index (χ2n) is 4.23. The van der Waals surface area contributed by atoms with Gasteiger partial charge in [-0.1, -0.05) is 5.16 Å². The van der Waals surface area contributed by atoms with Crippen molar-refractivity contribution in [2.24, 2.45) is 16.8 Å². The summed E-state index contributed by atoms with van der Waals surface area (Å²) >= 11 is 0. The molecule has 1 heterocycles. The Morgan fingerprint density at radius 2 is 2.31 bits per heavy atom. The number of amidine groups is 1. The topological polar surface area (TPSA) is 80.6 Å². The summed E-state index contributed by atoms with van der Waals surface area (Å²) in [5.41, 5.74) is 6.44. The number of pyridine rings is 1. The van der Waals surface area contributed by atoms with Crippen LogP contribution in [0.2, 0.25) is 0 Å². The molecular weight excluding hydrogens is 206 g/mol. The zero-order valence-electron chi connectivity index (χ0n) is 9.18. The van der Waals surface area contributed by atoms with Crippen molar-refractivity contribution in [1.29, 1.82) is 0 Å². The van der Waals surface area contributed by atoms with Crippen LogP contribution in [-0.4, -0.2) is 15.6 Å². The molecule has 5 heteroatoms. The molecule has 1 aliphatic carbocycles. The molecule has 0 saturated heterocycles. The molecule has 86 valence electrons. The summed E-state index contributed by atoms with van der Waals surface area (Å²) in [5, 5.41) is 11.4. The normalized spacial score (nSPS) is 16.4. The van der Waals surface area contributed by atoms with Crippen LogP contribution in [0.25, 0.3) is 0 Å². The first kappa shape index (κ1) is 10.7. The van der Waals surface area contributed by atoms with Crippen molar-refractivity contribution >= 4 is 5.84 Å². The van der Waals surface area contributed by atoms with Gasteiger partial charge in [0.25, 0.3) is 5.56 Å². The highest BCUT2D eigenvalue weighted by Crippen LogP contribution is 2.30. The lowest BCUT2D eigenvalue weighted by molar-refractivity contribution is 0.318. The lowest BCUT2D eigenvalue weighted by Crippen LogP contribution is -2.31. The molecule has 1 aromatic rings. The fourth-order valence-electron chi connectivity index (χ4n) is 1.71. The van der Waals surface area contributed by atoms with E-state index in [1.165, 1.54) is 12.8 Å². The predicted molar refractivity (Wildman–Crippen MR) is 60.7 cm³/mol. The second kappa shape index (κ2) is 4.00. The Bertz CT molecular complexity index is 486. The minimum Gasteiger partial charge on any atom is -0.409 e. The molecule has 0 aromatic carbocycles. The number of rotatable bonds is 3. The molecule has 3 N–H and O–H groups in total. The molecule has 0 atom stereocenters. The molecule has 0 bridgehead atoms. The van der Waals surface area contributed by atoms with Crippen LogP contribution in [0.3, 0.4) is 0 Å². The predicted octanol–water partition coefficient (Wildman–Crippen LogP) is 0.661. The highest BCUT2D eigenvalue weighted by molar-refractivity contribution is 5.96. The third-order valence-corrected chi connectivity index (χ3v) is 2.91. The molecule has 0 amide bonds. The minimum atomic E-state index is -0.179. The van der Waals surface area contributed by atoms with E-state index in [1.807, 2.05) is 13.0 Å². The second-order valence-corrected chi connectivity index (χ2v) is 4.23. The van der Waals surface area contributed by atoms with Crippen LogP contribution in [0.5, 0.6) is 0 Å². The van der Waals surface area contributed by atoms with Crippen LogP contribution < -0.4 is 11.3 Å². The molecule has 1 aromatic heterocycles. The zero-order valence-corrected chi connectivity index (χ0v) is 9.18.